The first-order chi connectivity index (χ1) is 8.48. The van der Waals surface area contributed by atoms with E-state index in [1.54, 1.807) is 19.2 Å². The second-order valence-corrected chi connectivity index (χ2v) is 4.71. The Hall–Kier alpha value is -1.55. The van der Waals surface area contributed by atoms with E-state index in [0.717, 1.165) is 18.7 Å². The van der Waals surface area contributed by atoms with Crippen LogP contribution in [-0.2, 0) is 9.47 Å². The van der Waals surface area contributed by atoms with Gasteiger partial charge in [0.1, 0.15) is 0 Å². The smallest absolute Gasteiger partial charge is 0.337 e. The third-order valence-corrected chi connectivity index (χ3v) is 2.91. The van der Waals surface area contributed by atoms with E-state index in [4.69, 9.17) is 4.74 Å². The molecule has 0 atom stereocenters. The van der Waals surface area contributed by atoms with Gasteiger partial charge in [0.15, 0.2) is 0 Å². The van der Waals surface area contributed by atoms with Crippen molar-refractivity contribution < 1.29 is 14.3 Å². The molecule has 100 valence electrons. The highest BCUT2D eigenvalue weighted by atomic mass is 16.5. The third-order valence-electron chi connectivity index (χ3n) is 2.91. The maximum atomic E-state index is 11.2. The van der Waals surface area contributed by atoms with Gasteiger partial charge in [-0.05, 0) is 44.5 Å². The monoisotopic (exact) mass is 251 g/mol. The average molecular weight is 251 g/mol. The second-order valence-electron chi connectivity index (χ2n) is 4.71. The van der Waals surface area contributed by atoms with Crippen LogP contribution in [-0.4, -0.2) is 32.3 Å². The zero-order chi connectivity index (χ0) is 13.6. The predicted octanol–water partition coefficient (Wildman–Crippen LogP) is 2.70. The van der Waals surface area contributed by atoms with Crippen LogP contribution in [0, 0.1) is 0 Å². The Morgan fingerprint density at radius 1 is 1.22 bits per heavy atom. The fraction of sp³-hybridized carbons (Fsp3) is 0.500. The van der Waals surface area contributed by atoms with Crippen molar-refractivity contribution in [1.82, 2.24) is 0 Å². The third kappa shape index (κ3) is 4.37. The summed E-state index contributed by atoms with van der Waals surface area (Å²) in [4.78, 5) is 11.2. The van der Waals surface area contributed by atoms with Crippen LogP contribution < -0.4 is 5.32 Å². The number of nitrogens with one attached hydrogen (secondary N) is 1. The Morgan fingerprint density at radius 3 is 2.33 bits per heavy atom. The van der Waals surface area contributed by atoms with Gasteiger partial charge < -0.3 is 14.8 Å². The fourth-order valence-electron chi connectivity index (χ4n) is 1.45. The van der Waals surface area contributed by atoms with Crippen molar-refractivity contribution in [1.29, 1.82) is 0 Å². The lowest BCUT2D eigenvalue weighted by Crippen LogP contribution is -2.25. The van der Waals surface area contributed by atoms with Crippen molar-refractivity contribution in [3.8, 4) is 0 Å². The van der Waals surface area contributed by atoms with E-state index < -0.39 is 0 Å². The molecule has 0 bridgehead atoms. The molecular formula is C14H21NO3. The second kappa shape index (κ2) is 6.40. The summed E-state index contributed by atoms with van der Waals surface area (Å²) in [6.45, 7) is 4.92. The molecule has 1 aromatic carbocycles. The van der Waals surface area contributed by atoms with Gasteiger partial charge in [-0.1, -0.05) is 0 Å². The lowest BCUT2D eigenvalue weighted by molar-refractivity contribution is 0.0185. The molecule has 0 saturated heterocycles. The number of benzene rings is 1. The van der Waals surface area contributed by atoms with Gasteiger partial charge in [-0.3, -0.25) is 0 Å². The van der Waals surface area contributed by atoms with E-state index in [1.165, 1.54) is 7.11 Å². The van der Waals surface area contributed by atoms with Crippen molar-refractivity contribution in [2.45, 2.75) is 25.9 Å². The summed E-state index contributed by atoms with van der Waals surface area (Å²) in [5, 5.41) is 3.29. The zero-order valence-electron chi connectivity index (χ0n) is 11.4. The van der Waals surface area contributed by atoms with Gasteiger partial charge in [-0.25, -0.2) is 4.79 Å². The lowest BCUT2D eigenvalue weighted by atomic mass is 10.1. The molecule has 0 amide bonds. The van der Waals surface area contributed by atoms with Crippen molar-refractivity contribution in [2.24, 2.45) is 0 Å². The minimum atomic E-state index is -0.318. The van der Waals surface area contributed by atoms with Gasteiger partial charge in [-0.15, -0.1) is 0 Å². The number of ether oxygens (including phenoxy) is 2. The van der Waals surface area contributed by atoms with Crippen LogP contribution in [0.25, 0.3) is 0 Å². The lowest BCUT2D eigenvalue weighted by Gasteiger charge is -2.23. The maximum Gasteiger partial charge on any atom is 0.337 e. The van der Waals surface area contributed by atoms with Gasteiger partial charge in [0, 0.05) is 19.3 Å². The summed E-state index contributed by atoms with van der Waals surface area (Å²) in [5.74, 6) is -0.318. The van der Waals surface area contributed by atoms with Crippen LogP contribution in [0.5, 0.6) is 0 Å². The zero-order valence-corrected chi connectivity index (χ0v) is 11.4. The van der Waals surface area contributed by atoms with Gasteiger partial charge >= 0.3 is 5.97 Å². The number of hydrogen-bond acceptors (Lipinski definition) is 4. The number of hydrogen-bond donors (Lipinski definition) is 1. The number of carbonyl (C=O) groups excluding carboxylic acids is 1. The molecule has 4 nitrogen and oxygen atoms in total. The first kappa shape index (κ1) is 14.5. The predicted molar refractivity (Wildman–Crippen MR) is 72.0 cm³/mol. The molecule has 1 N–H and O–H groups in total. The van der Waals surface area contributed by atoms with Crippen molar-refractivity contribution >= 4 is 11.7 Å². The largest absolute Gasteiger partial charge is 0.465 e. The molecule has 0 aliphatic rings. The first-order valence-electron chi connectivity index (χ1n) is 5.96. The van der Waals surface area contributed by atoms with E-state index in [2.05, 4.69) is 23.9 Å². The van der Waals surface area contributed by atoms with E-state index in [1.807, 2.05) is 12.1 Å². The molecule has 0 unspecified atom stereocenters. The van der Waals surface area contributed by atoms with Crippen LogP contribution in [0.1, 0.15) is 30.6 Å². The average Bonchev–Trinajstić information content (AvgIpc) is 2.38. The van der Waals surface area contributed by atoms with Crippen LogP contribution in [0.3, 0.4) is 0 Å². The quantitative estimate of drug-likeness (QED) is 0.790. The summed E-state index contributed by atoms with van der Waals surface area (Å²) < 4.78 is 9.98. The minimum absolute atomic E-state index is 0.126. The van der Waals surface area contributed by atoms with E-state index in [9.17, 15) is 4.79 Å². The normalized spacial score (nSPS) is 11.1. The summed E-state index contributed by atoms with van der Waals surface area (Å²) in [5.41, 5.74) is 1.41. The number of anilines is 1. The molecule has 0 aliphatic carbocycles. The Morgan fingerprint density at radius 2 is 1.83 bits per heavy atom. The van der Waals surface area contributed by atoms with Crippen LogP contribution in [0.15, 0.2) is 24.3 Å². The summed E-state index contributed by atoms with van der Waals surface area (Å²) >= 11 is 0. The van der Waals surface area contributed by atoms with Crippen LogP contribution in [0.2, 0.25) is 0 Å². The van der Waals surface area contributed by atoms with Crippen molar-refractivity contribution in [3.63, 3.8) is 0 Å². The Bertz CT molecular complexity index is 385. The number of esters is 1. The number of methoxy groups -OCH3 is 2. The van der Waals surface area contributed by atoms with E-state index >= 15 is 0 Å². The molecule has 18 heavy (non-hydrogen) atoms. The molecule has 0 saturated carbocycles. The fourth-order valence-corrected chi connectivity index (χ4v) is 1.45. The topological polar surface area (TPSA) is 47.6 Å². The molecule has 1 rings (SSSR count). The minimum Gasteiger partial charge on any atom is -0.465 e. The Kier molecular flexibility index (Phi) is 5.16. The molecule has 0 aliphatic heterocycles. The molecule has 1 aromatic rings. The standard InChI is InChI=1S/C14H21NO3/c1-14(2,18-4)9-10-15-12-7-5-11(6-8-12)13(16)17-3/h5-8,15H,9-10H2,1-4H3. The summed E-state index contributed by atoms with van der Waals surface area (Å²) in [7, 11) is 3.09. The molecule has 0 fully saturated rings. The molecule has 4 heteroatoms. The van der Waals surface area contributed by atoms with Gasteiger partial charge in [-0.2, -0.15) is 0 Å². The van der Waals surface area contributed by atoms with E-state index in [0.29, 0.717) is 5.56 Å². The van der Waals surface area contributed by atoms with Crippen LogP contribution >= 0.6 is 0 Å². The van der Waals surface area contributed by atoms with Gasteiger partial charge in [0.05, 0.1) is 18.3 Å². The Balaban J connectivity index is 2.47. The number of rotatable bonds is 6. The van der Waals surface area contributed by atoms with E-state index in [-0.39, 0.29) is 11.6 Å². The van der Waals surface area contributed by atoms with Gasteiger partial charge in [0.2, 0.25) is 0 Å². The first-order valence-corrected chi connectivity index (χ1v) is 5.96. The molecule has 0 aromatic heterocycles. The molecule has 0 heterocycles. The maximum absolute atomic E-state index is 11.2. The SMILES string of the molecule is COC(=O)c1ccc(NCCC(C)(C)OC)cc1. The number of carbonyl (C=O) groups is 1. The molecule has 0 radical (unpaired) electrons. The molecule has 0 spiro atoms. The summed E-state index contributed by atoms with van der Waals surface area (Å²) in [6.07, 6.45) is 0.905. The highest BCUT2D eigenvalue weighted by Crippen LogP contribution is 2.14. The molecular weight excluding hydrogens is 230 g/mol. The highest BCUT2D eigenvalue weighted by molar-refractivity contribution is 5.89. The van der Waals surface area contributed by atoms with Crippen molar-refractivity contribution in [3.05, 3.63) is 29.8 Å². The van der Waals surface area contributed by atoms with Gasteiger partial charge in [0.25, 0.3) is 0 Å². The van der Waals surface area contributed by atoms with Crippen LogP contribution in [0.4, 0.5) is 5.69 Å². The highest BCUT2D eigenvalue weighted by Gasteiger charge is 2.15. The van der Waals surface area contributed by atoms with Crippen molar-refractivity contribution in [2.75, 3.05) is 26.1 Å². The summed E-state index contributed by atoms with van der Waals surface area (Å²) in [6, 6.07) is 7.23. The Labute approximate surface area is 108 Å².